The van der Waals surface area contributed by atoms with E-state index >= 15 is 0 Å². The predicted molar refractivity (Wildman–Crippen MR) is 71.9 cm³/mol. The molecule has 0 atom stereocenters. The summed E-state index contributed by atoms with van der Waals surface area (Å²) in [5, 5.41) is 2.59. The molecule has 2 nitrogen and oxygen atoms in total. The number of fused-ring (bicyclic) bond motifs is 1. The summed E-state index contributed by atoms with van der Waals surface area (Å²) >= 11 is 0. The van der Waals surface area contributed by atoms with Gasteiger partial charge in [0.25, 0.3) is 0 Å². The van der Waals surface area contributed by atoms with Gasteiger partial charge in [-0.05, 0) is 28.8 Å². The number of rotatable bonds is 3. The minimum absolute atomic E-state index is 0.0813. The molecule has 0 unspecified atom stereocenters. The molecule has 2 heteroatoms. The fourth-order valence-electron chi connectivity index (χ4n) is 2.33. The lowest BCUT2D eigenvalue weighted by Gasteiger charge is -2.26. The van der Waals surface area contributed by atoms with E-state index in [9.17, 15) is 0 Å². The molecule has 0 aliphatic carbocycles. The molecule has 0 spiro atoms. The van der Waals surface area contributed by atoms with Crippen LogP contribution in [-0.4, -0.2) is 6.61 Å². The maximum Gasteiger partial charge on any atom is 0.0770 e. The van der Waals surface area contributed by atoms with Crippen molar-refractivity contribution < 1.29 is 4.84 Å². The van der Waals surface area contributed by atoms with E-state index < -0.39 is 0 Å². The van der Waals surface area contributed by atoms with Gasteiger partial charge in [-0.1, -0.05) is 50.2 Å². The van der Waals surface area contributed by atoms with Gasteiger partial charge in [0.15, 0.2) is 0 Å². The first-order valence-electron chi connectivity index (χ1n) is 5.87. The van der Waals surface area contributed by atoms with E-state index in [1.807, 2.05) is 0 Å². The maximum absolute atomic E-state index is 5.23. The zero-order chi connectivity index (χ0) is 12.5. The number of benzene rings is 2. The molecule has 0 amide bonds. The highest BCUT2D eigenvalue weighted by molar-refractivity contribution is 5.89. The van der Waals surface area contributed by atoms with Gasteiger partial charge in [-0.2, -0.15) is 0 Å². The first kappa shape index (κ1) is 12.1. The highest BCUT2D eigenvalue weighted by Gasteiger charge is 2.23. The molecule has 2 aromatic rings. The van der Waals surface area contributed by atoms with Crippen molar-refractivity contribution >= 4 is 10.8 Å². The van der Waals surface area contributed by atoms with Crippen LogP contribution in [0.25, 0.3) is 10.8 Å². The molecule has 0 heterocycles. The van der Waals surface area contributed by atoms with Gasteiger partial charge in [0.2, 0.25) is 0 Å². The number of aryl methyl sites for hydroxylation is 1. The van der Waals surface area contributed by atoms with Gasteiger partial charge in [-0.25, -0.2) is 5.90 Å². The van der Waals surface area contributed by atoms with E-state index in [-0.39, 0.29) is 5.41 Å². The number of nitrogens with two attached hydrogens (primary N) is 1. The Bertz CT molecular complexity index is 531. The summed E-state index contributed by atoms with van der Waals surface area (Å²) in [6.07, 6.45) is 0. The van der Waals surface area contributed by atoms with Gasteiger partial charge >= 0.3 is 0 Å². The van der Waals surface area contributed by atoms with Crippen LogP contribution in [0.5, 0.6) is 0 Å². The second-order valence-corrected chi connectivity index (χ2v) is 5.17. The summed E-state index contributed by atoms with van der Waals surface area (Å²) < 4.78 is 0. The van der Waals surface area contributed by atoms with E-state index in [1.54, 1.807) is 0 Å². The normalized spacial score (nSPS) is 12.0. The van der Waals surface area contributed by atoms with Gasteiger partial charge in [-0.15, -0.1) is 0 Å². The largest absolute Gasteiger partial charge is 0.304 e. The lowest BCUT2D eigenvalue weighted by molar-refractivity contribution is 0.0969. The zero-order valence-corrected chi connectivity index (χ0v) is 10.7. The Hall–Kier alpha value is -1.38. The van der Waals surface area contributed by atoms with Crippen molar-refractivity contribution in [1.29, 1.82) is 0 Å². The standard InChI is InChI=1S/C15H19NO/c1-11-8-9-14(15(2,3)10-17-16)13-7-5-4-6-12(11)13/h4-9H,10,16H2,1-3H3. The quantitative estimate of drug-likeness (QED) is 0.819. The summed E-state index contributed by atoms with van der Waals surface area (Å²) in [5.41, 5.74) is 2.50. The smallest absolute Gasteiger partial charge is 0.0770 e. The molecule has 0 saturated heterocycles. The second-order valence-electron chi connectivity index (χ2n) is 5.17. The summed E-state index contributed by atoms with van der Waals surface area (Å²) in [6, 6.07) is 12.8. The highest BCUT2D eigenvalue weighted by Crippen LogP contribution is 2.31. The van der Waals surface area contributed by atoms with Crippen LogP contribution in [0.2, 0.25) is 0 Å². The molecule has 0 aliphatic rings. The molecule has 2 aromatic carbocycles. The van der Waals surface area contributed by atoms with Crippen molar-refractivity contribution in [2.24, 2.45) is 5.90 Å². The fraction of sp³-hybridized carbons (Fsp3) is 0.333. The van der Waals surface area contributed by atoms with E-state index in [4.69, 9.17) is 10.7 Å². The number of hydrogen-bond acceptors (Lipinski definition) is 2. The van der Waals surface area contributed by atoms with Gasteiger partial charge in [0.05, 0.1) is 6.61 Å². The molecule has 17 heavy (non-hydrogen) atoms. The van der Waals surface area contributed by atoms with Crippen LogP contribution in [0.4, 0.5) is 0 Å². The summed E-state index contributed by atoms with van der Waals surface area (Å²) in [5.74, 6) is 5.23. The highest BCUT2D eigenvalue weighted by atomic mass is 16.6. The first-order valence-corrected chi connectivity index (χ1v) is 5.87. The Morgan fingerprint density at radius 3 is 2.35 bits per heavy atom. The summed E-state index contributed by atoms with van der Waals surface area (Å²) in [7, 11) is 0. The molecular formula is C15H19NO. The molecule has 0 fully saturated rings. The van der Waals surface area contributed by atoms with E-state index in [2.05, 4.69) is 57.2 Å². The SMILES string of the molecule is Cc1ccc(C(C)(C)CON)c2ccccc12. The lowest BCUT2D eigenvalue weighted by Crippen LogP contribution is -2.26. The molecule has 0 aromatic heterocycles. The Morgan fingerprint density at radius 1 is 1.06 bits per heavy atom. The third-order valence-corrected chi connectivity index (χ3v) is 3.32. The van der Waals surface area contributed by atoms with Crippen molar-refractivity contribution in [2.75, 3.05) is 6.61 Å². The van der Waals surface area contributed by atoms with Crippen molar-refractivity contribution in [3.63, 3.8) is 0 Å². The van der Waals surface area contributed by atoms with Gasteiger partial charge < -0.3 is 4.84 Å². The Morgan fingerprint density at radius 2 is 1.71 bits per heavy atom. The fourth-order valence-corrected chi connectivity index (χ4v) is 2.33. The van der Waals surface area contributed by atoms with E-state index in [0.29, 0.717) is 6.61 Å². The second kappa shape index (κ2) is 4.47. The third-order valence-electron chi connectivity index (χ3n) is 3.32. The Kier molecular flexibility index (Phi) is 3.18. The Labute approximate surface area is 102 Å². The third kappa shape index (κ3) is 2.19. The monoisotopic (exact) mass is 229 g/mol. The van der Waals surface area contributed by atoms with Crippen LogP contribution in [0.3, 0.4) is 0 Å². The van der Waals surface area contributed by atoms with Crippen LogP contribution < -0.4 is 5.90 Å². The van der Waals surface area contributed by atoms with Crippen LogP contribution in [0.1, 0.15) is 25.0 Å². The van der Waals surface area contributed by atoms with E-state index in [1.165, 1.54) is 21.9 Å². The molecule has 2 rings (SSSR count). The minimum Gasteiger partial charge on any atom is -0.304 e. The van der Waals surface area contributed by atoms with Crippen LogP contribution >= 0.6 is 0 Å². The van der Waals surface area contributed by atoms with Crippen molar-refractivity contribution in [2.45, 2.75) is 26.2 Å². The zero-order valence-electron chi connectivity index (χ0n) is 10.7. The molecular weight excluding hydrogens is 210 g/mol. The molecule has 0 aliphatic heterocycles. The average Bonchev–Trinajstić information content (AvgIpc) is 2.29. The van der Waals surface area contributed by atoms with Crippen LogP contribution in [0.15, 0.2) is 36.4 Å². The summed E-state index contributed by atoms with van der Waals surface area (Å²) in [6.45, 7) is 6.95. The average molecular weight is 229 g/mol. The van der Waals surface area contributed by atoms with Crippen molar-refractivity contribution in [1.82, 2.24) is 0 Å². The van der Waals surface area contributed by atoms with Gasteiger partial charge in [0, 0.05) is 5.41 Å². The van der Waals surface area contributed by atoms with Crippen LogP contribution in [0, 0.1) is 6.92 Å². The lowest BCUT2D eigenvalue weighted by atomic mass is 9.82. The van der Waals surface area contributed by atoms with Crippen molar-refractivity contribution in [3.05, 3.63) is 47.5 Å². The molecule has 2 N–H and O–H groups in total. The minimum atomic E-state index is -0.0813. The summed E-state index contributed by atoms with van der Waals surface area (Å²) in [4.78, 5) is 4.84. The maximum atomic E-state index is 5.23. The Balaban J connectivity index is 2.67. The van der Waals surface area contributed by atoms with Crippen LogP contribution in [-0.2, 0) is 10.3 Å². The van der Waals surface area contributed by atoms with Gasteiger partial charge in [-0.3, -0.25) is 0 Å². The topological polar surface area (TPSA) is 35.2 Å². The van der Waals surface area contributed by atoms with Gasteiger partial charge in [0.1, 0.15) is 0 Å². The predicted octanol–water partition coefficient (Wildman–Crippen LogP) is 3.32. The first-order chi connectivity index (χ1) is 8.06. The van der Waals surface area contributed by atoms with E-state index in [0.717, 1.165) is 0 Å². The van der Waals surface area contributed by atoms with Crippen molar-refractivity contribution in [3.8, 4) is 0 Å². The molecule has 0 radical (unpaired) electrons. The number of hydrogen-bond donors (Lipinski definition) is 1. The molecule has 90 valence electrons. The molecule has 0 bridgehead atoms. The molecule has 0 saturated carbocycles.